The number of benzene rings is 2. The van der Waals surface area contributed by atoms with Crippen molar-refractivity contribution in [1.82, 2.24) is 0 Å². The zero-order chi connectivity index (χ0) is 22.3. The number of thiol groups is 1. The molecule has 0 aliphatic heterocycles. The van der Waals surface area contributed by atoms with E-state index in [-0.39, 0.29) is 11.9 Å². The van der Waals surface area contributed by atoms with Gasteiger partial charge in [-0.25, -0.2) is 0 Å². The monoisotopic (exact) mass is 428 g/mol. The fourth-order valence-electron chi connectivity index (χ4n) is 3.21. The maximum atomic E-state index is 12.6. The summed E-state index contributed by atoms with van der Waals surface area (Å²) in [5.74, 6) is -0.579. The third-order valence-corrected chi connectivity index (χ3v) is 5.46. The predicted molar refractivity (Wildman–Crippen MR) is 123 cm³/mol. The molecule has 2 aromatic rings. The van der Waals surface area contributed by atoms with Gasteiger partial charge in [0, 0.05) is 4.90 Å². The highest BCUT2D eigenvalue weighted by Gasteiger charge is 2.22. The molecule has 30 heavy (non-hydrogen) atoms. The van der Waals surface area contributed by atoms with Crippen LogP contribution in [-0.4, -0.2) is 17.0 Å². The number of aryl methyl sites for hydroxylation is 2. The molecule has 2 aromatic carbocycles. The van der Waals surface area contributed by atoms with Crippen LogP contribution in [0, 0.1) is 5.41 Å². The van der Waals surface area contributed by atoms with Crippen LogP contribution in [0.3, 0.4) is 0 Å². The number of ether oxygens (including phenoxy) is 1. The van der Waals surface area contributed by atoms with Gasteiger partial charge in [0.2, 0.25) is 0 Å². The van der Waals surface area contributed by atoms with Gasteiger partial charge in [0.05, 0.1) is 11.3 Å². The minimum atomic E-state index is -0.757. The van der Waals surface area contributed by atoms with Crippen molar-refractivity contribution in [3.05, 3.63) is 59.2 Å². The van der Waals surface area contributed by atoms with Crippen LogP contribution in [0.2, 0.25) is 0 Å². The Morgan fingerprint density at radius 1 is 1.03 bits per heavy atom. The predicted octanol–water partition coefficient (Wildman–Crippen LogP) is 6.07. The van der Waals surface area contributed by atoms with Gasteiger partial charge in [0.1, 0.15) is 5.75 Å². The number of carbonyl (C=O) groups is 2. The quantitative estimate of drug-likeness (QED) is 0.352. The lowest BCUT2D eigenvalue weighted by molar-refractivity contribution is -0.145. The number of hydrogen-bond donors (Lipinski definition) is 2. The van der Waals surface area contributed by atoms with Crippen molar-refractivity contribution >= 4 is 24.6 Å². The third-order valence-electron chi connectivity index (χ3n) is 5.16. The first kappa shape index (κ1) is 24.0. The minimum absolute atomic E-state index is 0.185. The summed E-state index contributed by atoms with van der Waals surface area (Å²) in [6.07, 6.45) is 5.54. The Morgan fingerprint density at radius 3 is 2.13 bits per heavy atom. The zero-order valence-electron chi connectivity index (χ0n) is 18.3. The van der Waals surface area contributed by atoms with Gasteiger partial charge in [0.15, 0.2) is 0 Å². The first-order chi connectivity index (χ1) is 14.1. The maximum Gasteiger partial charge on any atom is 0.318 e. The summed E-state index contributed by atoms with van der Waals surface area (Å²) < 4.78 is 5.55. The highest BCUT2D eigenvalue weighted by molar-refractivity contribution is 7.80. The largest absolute Gasteiger partial charge is 0.481 e. The number of carboxylic acid groups (broad SMARTS) is 1. The summed E-state index contributed by atoms with van der Waals surface area (Å²) >= 11 is 4.24. The third kappa shape index (κ3) is 6.91. The molecule has 0 saturated carbocycles. The summed E-state index contributed by atoms with van der Waals surface area (Å²) in [6.45, 7) is 7.02. The van der Waals surface area contributed by atoms with Crippen LogP contribution in [0.25, 0.3) is 0 Å². The van der Waals surface area contributed by atoms with Crippen LogP contribution in [0.1, 0.15) is 69.6 Å². The Kier molecular flexibility index (Phi) is 8.54. The lowest BCUT2D eigenvalue weighted by Crippen LogP contribution is -2.19. The number of fused-ring (bicyclic) bond motifs is 1. The smallest absolute Gasteiger partial charge is 0.318 e. The summed E-state index contributed by atoms with van der Waals surface area (Å²) in [7, 11) is 0. The standard InChI is InChI=1S/C20H22O2S.C5H10O2/c1-2-19(20(21)22-17-9-11-18(23)12-10-17)16-8-7-14-5-3-4-6-15(14)13-16;1-5(2,3)4(6)7/h7-13,19,23H,2-6H2,1H3;1-3H3,(H,6,7). The lowest BCUT2D eigenvalue weighted by atomic mass is 9.87. The summed E-state index contributed by atoms with van der Waals surface area (Å²) in [4.78, 5) is 23.4. The number of aliphatic carboxylic acids is 1. The Balaban J connectivity index is 0.000000396. The average Bonchev–Trinajstić information content (AvgIpc) is 2.70. The molecular weight excluding hydrogens is 396 g/mol. The second-order valence-electron chi connectivity index (χ2n) is 8.67. The number of rotatable bonds is 4. The van der Waals surface area contributed by atoms with Crippen molar-refractivity contribution in [2.24, 2.45) is 5.41 Å². The molecule has 1 aliphatic rings. The fraction of sp³-hybridized carbons (Fsp3) is 0.440. The van der Waals surface area contributed by atoms with E-state index in [1.165, 1.54) is 24.0 Å². The topological polar surface area (TPSA) is 63.6 Å². The van der Waals surface area contributed by atoms with Crippen LogP contribution >= 0.6 is 12.6 Å². The second kappa shape index (κ2) is 10.7. The van der Waals surface area contributed by atoms with Gasteiger partial charge in [-0.15, -0.1) is 12.6 Å². The Hall–Kier alpha value is -2.27. The number of carbonyl (C=O) groups excluding carboxylic acids is 1. The van der Waals surface area contributed by atoms with Crippen molar-refractivity contribution in [1.29, 1.82) is 0 Å². The zero-order valence-corrected chi connectivity index (χ0v) is 19.2. The van der Waals surface area contributed by atoms with Gasteiger partial charge < -0.3 is 9.84 Å². The maximum absolute atomic E-state index is 12.6. The highest BCUT2D eigenvalue weighted by Crippen LogP contribution is 2.28. The Morgan fingerprint density at radius 2 is 1.60 bits per heavy atom. The van der Waals surface area contributed by atoms with Crippen molar-refractivity contribution in [2.45, 2.75) is 70.6 Å². The second-order valence-corrected chi connectivity index (χ2v) is 9.18. The molecule has 0 bridgehead atoms. The molecular formula is C25H32O4S. The van der Waals surface area contributed by atoms with E-state index in [9.17, 15) is 9.59 Å². The van der Waals surface area contributed by atoms with E-state index in [1.54, 1.807) is 32.9 Å². The first-order valence-corrected chi connectivity index (χ1v) is 10.9. The molecule has 162 valence electrons. The van der Waals surface area contributed by atoms with Crippen LogP contribution in [0.4, 0.5) is 0 Å². The summed E-state index contributed by atoms with van der Waals surface area (Å²) in [5.41, 5.74) is 3.33. The molecule has 0 radical (unpaired) electrons. The molecule has 1 aliphatic carbocycles. The molecule has 0 aromatic heterocycles. The normalized spacial score (nSPS) is 14.0. The van der Waals surface area contributed by atoms with Gasteiger partial charge in [-0.05, 0) is 93.8 Å². The Bertz CT molecular complexity index is 866. The molecule has 1 N–H and O–H groups in total. The summed E-state index contributed by atoms with van der Waals surface area (Å²) in [6, 6.07) is 13.7. The van der Waals surface area contributed by atoms with Crippen molar-refractivity contribution in [3.8, 4) is 5.75 Å². The van der Waals surface area contributed by atoms with Crippen LogP contribution in [0.5, 0.6) is 5.75 Å². The van der Waals surface area contributed by atoms with Crippen molar-refractivity contribution in [2.75, 3.05) is 0 Å². The van der Waals surface area contributed by atoms with E-state index >= 15 is 0 Å². The van der Waals surface area contributed by atoms with E-state index in [0.717, 1.165) is 29.7 Å². The van der Waals surface area contributed by atoms with Gasteiger partial charge in [0.25, 0.3) is 0 Å². The molecule has 3 rings (SSSR count). The molecule has 0 heterocycles. The van der Waals surface area contributed by atoms with Crippen molar-refractivity contribution < 1.29 is 19.4 Å². The molecule has 0 amide bonds. The fourth-order valence-corrected chi connectivity index (χ4v) is 3.36. The minimum Gasteiger partial charge on any atom is -0.481 e. The van der Waals surface area contributed by atoms with E-state index < -0.39 is 11.4 Å². The van der Waals surface area contributed by atoms with E-state index in [4.69, 9.17) is 9.84 Å². The molecule has 0 spiro atoms. The number of hydrogen-bond acceptors (Lipinski definition) is 4. The highest BCUT2D eigenvalue weighted by atomic mass is 32.1. The van der Waals surface area contributed by atoms with Crippen LogP contribution in [-0.2, 0) is 22.4 Å². The van der Waals surface area contributed by atoms with E-state index in [2.05, 4.69) is 30.8 Å². The van der Waals surface area contributed by atoms with Crippen LogP contribution in [0.15, 0.2) is 47.4 Å². The number of carboxylic acids is 1. The molecule has 1 unspecified atom stereocenters. The van der Waals surface area contributed by atoms with Crippen LogP contribution < -0.4 is 4.74 Å². The van der Waals surface area contributed by atoms with E-state index in [1.807, 2.05) is 19.1 Å². The number of esters is 1. The van der Waals surface area contributed by atoms with Crippen molar-refractivity contribution in [3.63, 3.8) is 0 Å². The van der Waals surface area contributed by atoms with Gasteiger partial charge in [-0.1, -0.05) is 25.1 Å². The molecule has 4 nitrogen and oxygen atoms in total. The lowest BCUT2D eigenvalue weighted by Gasteiger charge is -2.20. The van der Waals surface area contributed by atoms with Gasteiger partial charge in [-0.2, -0.15) is 0 Å². The Labute approximate surface area is 185 Å². The first-order valence-electron chi connectivity index (χ1n) is 10.5. The molecule has 5 heteroatoms. The van der Waals surface area contributed by atoms with Gasteiger partial charge in [-0.3, -0.25) is 9.59 Å². The molecule has 0 fully saturated rings. The molecule has 1 atom stereocenters. The van der Waals surface area contributed by atoms with E-state index in [0.29, 0.717) is 5.75 Å². The summed E-state index contributed by atoms with van der Waals surface area (Å²) in [5, 5.41) is 8.25. The SMILES string of the molecule is CC(C)(C)C(=O)O.CCC(C(=O)Oc1ccc(S)cc1)c1ccc2c(c1)CCCC2. The average molecular weight is 429 g/mol. The molecule has 0 saturated heterocycles. The van der Waals surface area contributed by atoms with Gasteiger partial charge >= 0.3 is 11.9 Å².